The Labute approximate surface area is 110 Å². The maximum Gasteiger partial charge on any atom is 0.0490 e. The first kappa shape index (κ1) is 12.2. The lowest BCUT2D eigenvalue weighted by Crippen LogP contribution is -2.27. The van der Waals surface area contributed by atoms with Crippen molar-refractivity contribution in [1.82, 2.24) is 0 Å². The van der Waals surface area contributed by atoms with Gasteiger partial charge in [0, 0.05) is 6.61 Å². The molecule has 0 aromatic heterocycles. The van der Waals surface area contributed by atoms with E-state index in [1.807, 2.05) is 0 Å². The summed E-state index contributed by atoms with van der Waals surface area (Å²) >= 11 is 0. The minimum Gasteiger partial charge on any atom is -0.396 e. The van der Waals surface area contributed by atoms with Crippen molar-refractivity contribution in [3.05, 3.63) is 34.4 Å². The first-order chi connectivity index (χ1) is 8.53. The van der Waals surface area contributed by atoms with Crippen molar-refractivity contribution in [3.8, 4) is 0 Å². The molecule has 1 N–H and O–H groups in total. The Morgan fingerprint density at radius 1 is 1.11 bits per heavy atom. The largest absolute Gasteiger partial charge is 0.396 e. The molecule has 2 saturated carbocycles. The summed E-state index contributed by atoms with van der Waals surface area (Å²) in [6.07, 6.45) is 5.00. The quantitative estimate of drug-likeness (QED) is 0.862. The molecule has 0 saturated heterocycles. The van der Waals surface area contributed by atoms with Gasteiger partial charge in [-0.1, -0.05) is 17.7 Å². The van der Waals surface area contributed by atoms with E-state index in [0.717, 1.165) is 18.3 Å². The molecule has 0 heterocycles. The third kappa shape index (κ3) is 1.99. The molecule has 1 heteroatoms. The molecule has 0 aliphatic heterocycles. The van der Waals surface area contributed by atoms with E-state index >= 15 is 0 Å². The van der Waals surface area contributed by atoms with E-state index in [9.17, 15) is 5.11 Å². The van der Waals surface area contributed by atoms with Gasteiger partial charge < -0.3 is 5.11 Å². The van der Waals surface area contributed by atoms with Gasteiger partial charge in [0.05, 0.1) is 0 Å². The van der Waals surface area contributed by atoms with Gasteiger partial charge in [0.2, 0.25) is 0 Å². The van der Waals surface area contributed by atoms with Crippen LogP contribution in [0.3, 0.4) is 0 Å². The first-order valence-corrected chi connectivity index (χ1v) is 7.21. The summed E-state index contributed by atoms with van der Waals surface area (Å²) in [5.74, 6) is 1.87. The van der Waals surface area contributed by atoms with Crippen molar-refractivity contribution in [2.24, 2.45) is 17.3 Å². The molecule has 98 valence electrons. The summed E-state index contributed by atoms with van der Waals surface area (Å²) in [5.41, 5.74) is 5.83. The molecule has 0 bridgehead atoms. The molecular formula is C17H24O. The highest BCUT2D eigenvalue weighted by molar-refractivity contribution is 5.38. The highest BCUT2D eigenvalue weighted by Crippen LogP contribution is 2.60. The monoisotopic (exact) mass is 244 g/mol. The van der Waals surface area contributed by atoms with Crippen LogP contribution in [0.2, 0.25) is 0 Å². The van der Waals surface area contributed by atoms with Crippen LogP contribution in [-0.4, -0.2) is 11.7 Å². The molecule has 1 nitrogen and oxygen atoms in total. The Morgan fingerprint density at radius 3 is 2.17 bits per heavy atom. The molecule has 2 atom stereocenters. The average molecular weight is 244 g/mol. The molecule has 2 aliphatic rings. The Balaban J connectivity index is 1.87. The normalized spacial score (nSPS) is 33.6. The summed E-state index contributed by atoms with van der Waals surface area (Å²) < 4.78 is 0. The van der Waals surface area contributed by atoms with Gasteiger partial charge in [-0.15, -0.1) is 0 Å². The molecular weight excluding hydrogens is 220 g/mol. The van der Waals surface area contributed by atoms with Crippen molar-refractivity contribution < 1.29 is 5.11 Å². The number of aryl methyl sites for hydroxylation is 3. The topological polar surface area (TPSA) is 20.2 Å². The van der Waals surface area contributed by atoms with Crippen molar-refractivity contribution >= 4 is 0 Å². The fraction of sp³-hybridized carbons (Fsp3) is 0.647. The van der Waals surface area contributed by atoms with Crippen molar-refractivity contribution in [2.75, 3.05) is 6.61 Å². The van der Waals surface area contributed by atoms with Gasteiger partial charge in [0.1, 0.15) is 0 Å². The predicted octanol–water partition coefficient (Wildman–Crippen LogP) is 3.56. The predicted molar refractivity (Wildman–Crippen MR) is 74.7 cm³/mol. The lowest BCUT2D eigenvalue weighted by atomic mass is 9.76. The van der Waals surface area contributed by atoms with E-state index in [-0.39, 0.29) is 5.41 Å². The maximum absolute atomic E-state index is 9.85. The second-order valence-corrected chi connectivity index (χ2v) is 6.88. The van der Waals surface area contributed by atoms with Crippen molar-refractivity contribution in [3.63, 3.8) is 0 Å². The van der Waals surface area contributed by atoms with E-state index in [1.54, 1.807) is 0 Å². The van der Waals surface area contributed by atoms with E-state index < -0.39 is 0 Å². The Hall–Kier alpha value is -0.820. The van der Waals surface area contributed by atoms with Crippen LogP contribution >= 0.6 is 0 Å². The second kappa shape index (κ2) is 4.09. The van der Waals surface area contributed by atoms with Crippen molar-refractivity contribution in [1.29, 1.82) is 0 Å². The standard InChI is InChI=1S/C17H24O/c1-11-4-12(2)16(13(3)5-11)9-17(10-18)7-14-6-15(14)8-17/h4-5,14-15,18H,6-10H2,1-3H3. The molecule has 0 radical (unpaired) electrons. The zero-order chi connectivity index (χ0) is 12.9. The Kier molecular flexibility index (Phi) is 2.78. The molecule has 0 amide bonds. The van der Waals surface area contributed by atoms with Crippen LogP contribution in [0.1, 0.15) is 41.5 Å². The first-order valence-electron chi connectivity index (χ1n) is 7.21. The summed E-state index contributed by atoms with van der Waals surface area (Å²) in [4.78, 5) is 0. The number of hydrogen-bond donors (Lipinski definition) is 1. The zero-order valence-corrected chi connectivity index (χ0v) is 11.8. The summed E-state index contributed by atoms with van der Waals surface area (Å²) in [5, 5.41) is 9.85. The second-order valence-electron chi connectivity index (χ2n) is 6.88. The molecule has 18 heavy (non-hydrogen) atoms. The van der Waals surface area contributed by atoms with E-state index in [4.69, 9.17) is 0 Å². The minimum atomic E-state index is 0.193. The maximum atomic E-state index is 9.85. The van der Waals surface area contributed by atoms with Gasteiger partial charge in [-0.2, -0.15) is 0 Å². The van der Waals surface area contributed by atoms with Gasteiger partial charge in [0.25, 0.3) is 0 Å². The molecule has 2 unspecified atom stereocenters. The van der Waals surface area contributed by atoms with Crippen LogP contribution < -0.4 is 0 Å². The lowest BCUT2D eigenvalue weighted by Gasteiger charge is -2.30. The van der Waals surface area contributed by atoms with Crippen molar-refractivity contribution in [2.45, 2.75) is 46.5 Å². The SMILES string of the molecule is Cc1cc(C)c(CC2(CO)CC3CC3C2)c(C)c1. The molecule has 2 aliphatic carbocycles. The zero-order valence-electron chi connectivity index (χ0n) is 11.8. The molecule has 3 rings (SSSR count). The number of aliphatic hydroxyl groups is 1. The number of benzene rings is 1. The van der Waals surface area contributed by atoms with Crippen LogP contribution in [0.25, 0.3) is 0 Å². The van der Waals surface area contributed by atoms with Gasteiger partial charge >= 0.3 is 0 Å². The van der Waals surface area contributed by atoms with Gasteiger partial charge in [-0.25, -0.2) is 0 Å². The number of fused-ring (bicyclic) bond motifs is 1. The smallest absolute Gasteiger partial charge is 0.0490 e. The van der Waals surface area contributed by atoms with Crippen LogP contribution in [-0.2, 0) is 6.42 Å². The molecule has 2 fully saturated rings. The van der Waals surface area contributed by atoms with Gasteiger partial charge in [-0.3, -0.25) is 0 Å². The third-order valence-electron chi connectivity index (χ3n) is 5.19. The molecule has 0 spiro atoms. The lowest BCUT2D eigenvalue weighted by molar-refractivity contribution is 0.117. The van der Waals surface area contributed by atoms with E-state index in [1.165, 1.54) is 41.5 Å². The number of aliphatic hydroxyl groups excluding tert-OH is 1. The Bertz CT molecular complexity index is 441. The Morgan fingerprint density at radius 2 is 1.67 bits per heavy atom. The summed E-state index contributed by atoms with van der Waals surface area (Å²) in [6.45, 7) is 6.97. The fourth-order valence-electron chi connectivity index (χ4n) is 4.20. The summed E-state index contributed by atoms with van der Waals surface area (Å²) in [6, 6.07) is 4.56. The van der Waals surface area contributed by atoms with E-state index in [0.29, 0.717) is 6.61 Å². The highest BCUT2D eigenvalue weighted by atomic mass is 16.3. The molecule has 1 aromatic rings. The average Bonchev–Trinajstić information content (AvgIpc) is 2.92. The van der Waals surface area contributed by atoms with E-state index in [2.05, 4.69) is 32.9 Å². The van der Waals surface area contributed by atoms with Gasteiger partial charge in [-0.05, 0) is 80.4 Å². The minimum absolute atomic E-state index is 0.193. The highest BCUT2D eigenvalue weighted by Gasteiger charge is 2.53. The number of hydrogen-bond acceptors (Lipinski definition) is 1. The van der Waals surface area contributed by atoms with Crippen LogP contribution in [0.15, 0.2) is 12.1 Å². The summed E-state index contributed by atoms with van der Waals surface area (Å²) in [7, 11) is 0. The third-order valence-corrected chi connectivity index (χ3v) is 5.19. The van der Waals surface area contributed by atoms with Crippen LogP contribution in [0.4, 0.5) is 0 Å². The number of rotatable bonds is 3. The fourth-order valence-corrected chi connectivity index (χ4v) is 4.20. The van der Waals surface area contributed by atoms with Crippen LogP contribution in [0.5, 0.6) is 0 Å². The van der Waals surface area contributed by atoms with Gasteiger partial charge in [0.15, 0.2) is 0 Å². The van der Waals surface area contributed by atoms with Crippen LogP contribution in [0, 0.1) is 38.0 Å². The molecule has 1 aromatic carbocycles.